The minimum Gasteiger partial charge on any atom is -0.480 e. The number of carbonyl (C=O) groups is 2. The zero-order valence-electron chi connectivity index (χ0n) is 10.8. The van der Waals surface area contributed by atoms with Gasteiger partial charge in [-0.2, -0.15) is 0 Å². The molecule has 0 aliphatic carbocycles. The van der Waals surface area contributed by atoms with E-state index in [2.05, 4.69) is 0 Å². The van der Waals surface area contributed by atoms with E-state index in [0.29, 0.717) is 0 Å². The number of nitrogens with two attached hydrogens (primary N) is 1. The molecular weight excluding hydrogens is 240 g/mol. The van der Waals surface area contributed by atoms with Crippen LogP contribution in [-0.4, -0.2) is 51.5 Å². The minimum absolute atomic E-state index is 0.0255. The van der Waals surface area contributed by atoms with Crippen LogP contribution in [0.2, 0.25) is 0 Å². The van der Waals surface area contributed by atoms with Crippen molar-refractivity contribution in [2.24, 2.45) is 5.73 Å². The van der Waals surface area contributed by atoms with E-state index in [1.165, 1.54) is 11.8 Å². The van der Waals surface area contributed by atoms with Crippen LogP contribution < -0.4 is 5.73 Å². The molecule has 3 N–H and O–H groups in total. The van der Waals surface area contributed by atoms with Gasteiger partial charge in [0.25, 0.3) is 0 Å². The number of rotatable bonds is 7. The van der Waals surface area contributed by atoms with Gasteiger partial charge >= 0.3 is 5.97 Å². The summed E-state index contributed by atoms with van der Waals surface area (Å²) in [6.45, 7) is 7.86. The molecule has 0 aromatic heterocycles. The van der Waals surface area contributed by atoms with Crippen LogP contribution in [0.3, 0.4) is 0 Å². The molecule has 100 valence electrons. The monoisotopic (exact) mass is 262 g/mol. The number of carbonyl (C=O) groups excluding carboxylic acids is 1. The molecule has 0 aliphatic heterocycles. The van der Waals surface area contributed by atoms with Crippen molar-refractivity contribution in [3.8, 4) is 0 Å². The molecule has 0 aliphatic rings. The van der Waals surface area contributed by atoms with E-state index >= 15 is 0 Å². The Morgan fingerprint density at radius 3 is 2.06 bits per heavy atom. The molecule has 0 rings (SSSR count). The lowest BCUT2D eigenvalue weighted by molar-refractivity contribution is -0.138. The molecular formula is C11H22N2O3S. The van der Waals surface area contributed by atoms with Crippen LogP contribution in [0.15, 0.2) is 0 Å². The summed E-state index contributed by atoms with van der Waals surface area (Å²) in [5.41, 5.74) is 5.35. The predicted molar refractivity (Wildman–Crippen MR) is 70.1 cm³/mol. The van der Waals surface area contributed by atoms with E-state index in [0.717, 1.165) is 0 Å². The van der Waals surface area contributed by atoms with Crippen molar-refractivity contribution >= 4 is 23.6 Å². The van der Waals surface area contributed by atoms with Gasteiger partial charge in [-0.25, -0.2) is 0 Å². The molecule has 0 radical (unpaired) electrons. The molecule has 6 heteroatoms. The van der Waals surface area contributed by atoms with Crippen molar-refractivity contribution in [3.05, 3.63) is 0 Å². The SMILES string of the molecule is CC(C)N(C(=O)CSCC(N)C(=O)O)C(C)C. The molecule has 0 saturated carbocycles. The number of aliphatic carboxylic acids is 1. The van der Waals surface area contributed by atoms with Gasteiger partial charge < -0.3 is 15.7 Å². The summed E-state index contributed by atoms with van der Waals surface area (Å²) >= 11 is 1.26. The van der Waals surface area contributed by atoms with Crippen LogP contribution in [-0.2, 0) is 9.59 Å². The number of thioether (sulfide) groups is 1. The number of hydrogen-bond acceptors (Lipinski definition) is 4. The number of carboxylic acids is 1. The molecule has 5 nitrogen and oxygen atoms in total. The molecule has 0 aromatic rings. The Morgan fingerprint density at radius 1 is 1.24 bits per heavy atom. The predicted octanol–water partition coefficient (Wildman–Crippen LogP) is 0.777. The Kier molecular flexibility index (Phi) is 7.22. The van der Waals surface area contributed by atoms with Gasteiger partial charge in [-0.3, -0.25) is 9.59 Å². The zero-order chi connectivity index (χ0) is 13.6. The standard InChI is InChI=1S/C11H22N2O3S/c1-7(2)13(8(3)4)10(14)6-17-5-9(12)11(15)16/h7-9H,5-6,12H2,1-4H3,(H,15,16). The van der Waals surface area contributed by atoms with Gasteiger partial charge in [-0.05, 0) is 27.7 Å². The number of amides is 1. The highest BCUT2D eigenvalue weighted by atomic mass is 32.2. The summed E-state index contributed by atoms with van der Waals surface area (Å²) < 4.78 is 0. The van der Waals surface area contributed by atoms with Crippen molar-refractivity contribution in [2.75, 3.05) is 11.5 Å². The van der Waals surface area contributed by atoms with Gasteiger partial charge in [0.15, 0.2) is 0 Å². The van der Waals surface area contributed by atoms with Gasteiger partial charge in [0.2, 0.25) is 5.91 Å². The second-order valence-corrected chi connectivity index (χ2v) is 5.48. The molecule has 1 amide bonds. The summed E-state index contributed by atoms with van der Waals surface area (Å²) in [5.74, 6) is -0.477. The van der Waals surface area contributed by atoms with Crippen molar-refractivity contribution in [2.45, 2.75) is 45.8 Å². The lowest BCUT2D eigenvalue weighted by Crippen LogP contribution is -2.43. The maximum absolute atomic E-state index is 11.9. The zero-order valence-corrected chi connectivity index (χ0v) is 11.7. The van der Waals surface area contributed by atoms with E-state index in [4.69, 9.17) is 10.8 Å². The molecule has 0 fully saturated rings. The highest BCUT2D eigenvalue weighted by Gasteiger charge is 2.20. The van der Waals surface area contributed by atoms with E-state index in [9.17, 15) is 9.59 Å². The topological polar surface area (TPSA) is 83.6 Å². The third kappa shape index (κ3) is 5.93. The summed E-state index contributed by atoms with van der Waals surface area (Å²) in [6, 6.07) is -0.605. The van der Waals surface area contributed by atoms with Crippen LogP contribution in [0, 0.1) is 0 Å². The van der Waals surface area contributed by atoms with Crippen molar-refractivity contribution in [1.29, 1.82) is 0 Å². The van der Waals surface area contributed by atoms with Crippen LogP contribution in [0.25, 0.3) is 0 Å². The Labute approximate surface area is 107 Å². The lowest BCUT2D eigenvalue weighted by Gasteiger charge is -2.30. The summed E-state index contributed by atoms with van der Waals surface area (Å²) in [7, 11) is 0. The first-order valence-electron chi connectivity index (χ1n) is 5.64. The van der Waals surface area contributed by atoms with Gasteiger partial charge in [0.05, 0.1) is 5.75 Å². The van der Waals surface area contributed by atoms with E-state index in [-0.39, 0.29) is 29.5 Å². The Bertz CT molecular complexity index is 261. The largest absolute Gasteiger partial charge is 0.480 e. The average molecular weight is 262 g/mol. The quantitative estimate of drug-likeness (QED) is 0.708. The van der Waals surface area contributed by atoms with Gasteiger partial charge in [-0.1, -0.05) is 0 Å². The fourth-order valence-corrected chi connectivity index (χ4v) is 2.43. The molecule has 0 saturated heterocycles. The highest BCUT2D eigenvalue weighted by Crippen LogP contribution is 2.10. The summed E-state index contributed by atoms with van der Waals surface area (Å²) in [6.07, 6.45) is 0. The normalized spacial score (nSPS) is 12.9. The molecule has 0 aromatic carbocycles. The van der Waals surface area contributed by atoms with E-state index in [1.807, 2.05) is 27.7 Å². The van der Waals surface area contributed by atoms with Gasteiger partial charge in [-0.15, -0.1) is 11.8 Å². The summed E-state index contributed by atoms with van der Waals surface area (Å²) in [5, 5.41) is 8.60. The van der Waals surface area contributed by atoms with Gasteiger partial charge in [0.1, 0.15) is 6.04 Å². The fourth-order valence-electron chi connectivity index (χ4n) is 1.59. The molecule has 1 unspecified atom stereocenters. The first-order chi connectivity index (χ1) is 7.77. The molecule has 0 heterocycles. The number of nitrogens with zero attached hydrogens (tertiary/aromatic N) is 1. The van der Waals surface area contributed by atoms with Crippen molar-refractivity contribution in [3.63, 3.8) is 0 Å². The Balaban J connectivity index is 4.12. The van der Waals surface area contributed by atoms with Crippen LogP contribution >= 0.6 is 11.8 Å². The Morgan fingerprint density at radius 2 is 1.71 bits per heavy atom. The smallest absolute Gasteiger partial charge is 0.321 e. The van der Waals surface area contributed by atoms with E-state index < -0.39 is 12.0 Å². The molecule has 0 spiro atoms. The van der Waals surface area contributed by atoms with Crippen LogP contribution in [0.1, 0.15) is 27.7 Å². The Hall–Kier alpha value is -0.750. The average Bonchev–Trinajstić information content (AvgIpc) is 2.15. The number of carboxylic acid groups (broad SMARTS) is 1. The van der Waals surface area contributed by atoms with Gasteiger partial charge in [0, 0.05) is 17.8 Å². The van der Waals surface area contributed by atoms with E-state index in [1.54, 1.807) is 4.90 Å². The first-order valence-corrected chi connectivity index (χ1v) is 6.80. The third-order valence-electron chi connectivity index (χ3n) is 2.24. The molecule has 0 bridgehead atoms. The lowest BCUT2D eigenvalue weighted by atomic mass is 10.2. The highest BCUT2D eigenvalue weighted by molar-refractivity contribution is 8.00. The second kappa shape index (κ2) is 7.55. The second-order valence-electron chi connectivity index (χ2n) is 4.45. The summed E-state index contributed by atoms with van der Waals surface area (Å²) in [4.78, 5) is 24.2. The van der Waals surface area contributed by atoms with Crippen molar-refractivity contribution < 1.29 is 14.7 Å². The first kappa shape index (κ1) is 16.2. The maximum Gasteiger partial charge on any atom is 0.321 e. The van der Waals surface area contributed by atoms with Crippen LogP contribution in [0.4, 0.5) is 0 Å². The third-order valence-corrected chi connectivity index (χ3v) is 3.29. The van der Waals surface area contributed by atoms with Crippen LogP contribution in [0.5, 0.6) is 0 Å². The maximum atomic E-state index is 11.9. The molecule has 1 atom stereocenters. The number of hydrogen-bond donors (Lipinski definition) is 2. The molecule has 17 heavy (non-hydrogen) atoms. The van der Waals surface area contributed by atoms with Crippen molar-refractivity contribution in [1.82, 2.24) is 4.90 Å². The minimum atomic E-state index is -1.03. The fraction of sp³-hybridized carbons (Fsp3) is 0.818.